The Morgan fingerprint density at radius 3 is 2.50 bits per heavy atom. The second-order valence-corrected chi connectivity index (χ2v) is 6.27. The van der Waals surface area contributed by atoms with Crippen molar-refractivity contribution >= 4 is 11.9 Å². The summed E-state index contributed by atoms with van der Waals surface area (Å²) in [5.41, 5.74) is 0.816. The Hall–Kier alpha value is -2.76. The summed E-state index contributed by atoms with van der Waals surface area (Å²) < 4.78 is 5.25. The van der Waals surface area contributed by atoms with Gasteiger partial charge in [0.05, 0.1) is 12.7 Å². The maximum absolute atomic E-state index is 12.3. The number of carboxylic acids is 2. The SMILES string of the molecule is C=C1NC(C)=C(C(=O)O)C2c3cc(OC)ccc3C(C)C12C(=O)O. The maximum atomic E-state index is 12.3. The number of hydrogen-bond donors (Lipinski definition) is 3. The fraction of sp³-hybridized carbons (Fsp3) is 0.333. The van der Waals surface area contributed by atoms with Gasteiger partial charge in [0.1, 0.15) is 11.2 Å². The van der Waals surface area contributed by atoms with Crippen LogP contribution < -0.4 is 10.1 Å². The molecule has 1 aliphatic carbocycles. The summed E-state index contributed by atoms with van der Waals surface area (Å²) in [6, 6.07) is 5.30. The van der Waals surface area contributed by atoms with Crippen LogP contribution in [0.2, 0.25) is 0 Å². The van der Waals surface area contributed by atoms with Gasteiger partial charge in [-0.05, 0) is 30.2 Å². The molecule has 0 radical (unpaired) electrons. The van der Waals surface area contributed by atoms with E-state index in [1.54, 1.807) is 26.0 Å². The van der Waals surface area contributed by atoms with Crippen LogP contribution in [0.5, 0.6) is 5.75 Å². The lowest BCUT2D eigenvalue weighted by Gasteiger charge is -2.42. The molecule has 6 heteroatoms. The molecule has 6 nitrogen and oxygen atoms in total. The van der Waals surface area contributed by atoms with Crippen LogP contribution in [-0.2, 0) is 9.59 Å². The first kappa shape index (κ1) is 16.1. The Kier molecular flexibility index (Phi) is 3.44. The van der Waals surface area contributed by atoms with Gasteiger partial charge in [-0.15, -0.1) is 0 Å². The first-order valence-electron chi connectivity index (χ1n) is 7.58. The van der Waals surface area contributed by atoms with Crippen LogP contribution in [0.4, 0.5) is 0 Å². The van der Waals surface area contributed by atoms with Gasteiger partial charge in [-0.3, -0.25) is 4.79 Å². The molecule has 1 aliphatic heterocycles. The minimum atomic E-state index is -1.44. The molecule has 3 N–H and O–H groups in total. The maximum Gasteiger partial charge on any atom is 0.334 e. The van der Waals surface area contributed by atoms with Gasteiger partial charge in [0.2, 0.25) is 0 Å². The van der Waals surface area contributed by atoms with Crippen molar-refractivity contribution < 1.29 is 24.5 Å². The lowest BCUT2D eigenvalue weighted by molar-refractivity contribution is -0.148. The second kappa shape index (κ2) is 5.12. The number of methoxy groups -OCH3 is 1. The van der Waals surface area contributed by atoms with Crippen molar-refractivity contribution in [1.29, 1.82) is 0 Å². The molecule has 1 heterocycles. The predicted molar refractivity (Wildman–Crippen MR) is 86.8 cm³/mol. The standard InChI is InChI=1S/C18H19NO5/c1-8-12-6-5-11(24-4)7-13(12)15-14(16(20)21)9(2)19-10(3)18(8,15)17(22)23/h5-8,15,19H,3H2,1-2,4H3,(H,20,21)(H,22,23). The number of aliphatic carboxylic acids is 2. The average molecular weight is 329 g/mol. The Bertz CT molecular complexity index is 810. The van der Waals surface area contributed by atoms with Crippen LogP contribution in [0.15, 0.2) is 41.7 Å². The van der Waals surface area contributed by atoms with E-state index in [2.05, 4.69) is 11.9 Å². The average Bonchev–Trinajstić information content (AvgIpc) is 2.77. The van der Waals surface area contributed by atoms with E-state index >= 15 is 0 Å². The number of carboxylic acid groups (broad SMARTS) is 2. The summed E-state index contributed by atoms with van der Waals surface area (Å²) in [6.07, 6.45) is 0. The van der Waals surface area contributed by atoms with Crippen molar-refractivity contribution in [1.82, 2.24) is 5.32 Å². The molecule has 2 aliphatic rings. The highest BCUT2D eigenvalue weighted by molar-refractivity contribution is 5.96. The first-order chi connectivity index (χ1) is 11.3. The minimum absolute atomic E-state index is 0.0589. The summed E-state index contributed by atoms with van der Waals surface area (Å²) in [6.45, 7) is 7.35. The zero-order valence-electron chi connectivity index (χ0n) is 13.7. The van der Waals surface area contributed by atoms with Crippen molar-refractivity contribution in [2.24, 2.45) is 5.41 Å². The van der Waals surface area contributed by atoms with E-state index in [0.717, 1.165) is 5.56 Å². The Labute approximate surface area is 139 Å². The number of rotatable bonds is 3. The summed E-state index contributed by atoms with van der Waals surface area (Å²) in [5, 5.41) is 22.7. The van der Waals surface area contributed by atoms with Crippen LogP contribution in [0, 0.1) is 5.41 Å². The van der Waals surface area contributed by atoms with Gasteiger partial charge >= 0.3 is 11.9 Å². The number of hydrogen-bond acceptors (Lipinski definition) is 4. The van der Waals surface area contributed by atoms with Gasteiger partial charge in [0, 0.05) is 23.2 Å². The molecule has 0 amide bonds. The predicted octanol–water partition coefficient (Wildman–Crippen LogP) is 2.44. The van der Waals surface area contributed by atoms with Gasteiger partial charge in [-0.25, -0.2) is 4.79 Å². The van der Waals surface area contributed by atoms with E-state index < -0.39 is 29.2 Å². The Morgan fingerprint density at radius 1 is 1.29 bits per heavy atom. The van der Waals surface area contributed by atoms with E-state index in [1.807, 2.05) is 6.07 Å². The van der Waals surface area contributed by atoms with Gasteiger partial charge in [0.15, 0.2) is 0 Å². The topological polar surface area (TPSA) is 95.9 Å². The largest absolute Gasteiger partial charge is 0.497 e. The minimum Gasteiger partial charge on any atom is -0.497 e. The summed E-state index contributed by atoms with van der Waals surface area (Å²) in [5.74, 6) is -2.90. The van der Waals surface area contributed by atoms with E-state index in [4.69, 9.17) is 4.74 Å². The fourth-order valence-electron chi connectivity index (χ4n) is 4.22. The van der Waals surface area contributed by atoms with Crippen molar-refractivity contribution in [3.63, 3.8) is 0 Å². The van der Waals surface area contributed by atoms with Gasteiger partial charge in [0.25, 0.3) is 0 Å². The van der Waals surface area contributed by atoms with E-state index in [-0.39, 0.29) is 5.57 Å². The van der Waals surface area contributed by atoms with Crippen LogP contribution in [-0.4, -0.2) is 29.3 Å². The Balaban J connectivity index is 2.39. The molecule has 24 heavy (non-hydrogen) atoms. The molecule has 126 valence electrons. The van der Waals surface area contributed by atoms with Crippen LogP contribution in [0.25, 0.3) is 0 Å². The number of nitrogens with one attached hydrogen (secondary N) is 1. The lowest BCUT2D eigenvalue weighted by atomic mass is 9.64. The molecule has 0 saturated carbocycles. The monoisotopic (exact) mass is 329 g/mol. The van der Waals surface area contributed by atoms with Crippen LogP contribution >= 0.6 is 0 Å². The lowest BCUT2D eigenvalue weighted by Crippen LogP contribution is -2.48. The van der Waals surface area contributed by atoms with E-state index in [9.17, 15) is 19.8 Å². The molecule has 0 bridgehead atoms. The molecule has 3 unspecified atom stereocenters. The molecule has 1 aromatic carbocycles. The third-order valence-electron chi connectivity index (χ3n) is 5.32. The van der Waals surface area contributed by atoms with Crippen LogP contribution in [0.3, 0.4) is 0 Å². The molecule has 1 aromatic rings. The summed E-state index contributed by atoms with van der Waals surface area (Å²) in [7, 11) is 1.52. The number of fused-ring (bicyclic) bond motifs is 3. The zero-order valence-corrected chi connectivity index (χ0v) is 13.7. The normalized spacial score (nSPS) is 28.0. The zero-order chi connectivity index (χ0) is 17.8. The van der Waals surface area contributed by atoms with Gasteiger partial charge in [-0.1, -0.05) is 19.6 Å². The van der Waals surface area contributed by atoms with E-state index in [1.165, 1.54) is 7.11 Å². The molecule has 0 fully saturated rings. The van der Waals surface area contributed by atoms with Gasteiger partial charge < -0.3 is 20.3 Å². The highest BCUT2D eigenvalue weighted by Crippen LogP contribution is 2.63. The van der Waals surface area contributed by atoms with Gasteiger partial charge in [-0.2, -0.15) is 0 Å². The van der Waals surface area contributed by atoms with Crippen molar-refractivity contribution in [2.75, 3.05) is 7.11 Å². The number of allylic oxidation sites excluding steroid dienone is 1. The smallest absolute Gasteiger partial charge is 0.334 e. The van der Waals surface area contributed by atoms with E-state index in [0.29, 0.717) is 22.7 Å². The molecular formula is C18H19NO5. The third-order valence-corrected chi connectivity index (χ3v) is 5.32. The number of benzene rings is 1. The third kappa shape index (κ3) is 1.76. The second-order valence-electron chi connectivity index (χ2n) is 6.27. The first-order valence-corrected chi connectivity index (χ1v) is 7.58. The van der Waals surface area contributed by atoms with Crippen LogP contribution in [0.1, 0.15) is 36.8 Å². The number of carbonyl (C=O) groups is 2. The van der Waals surface area contributed by atoms with Crippen molar-refractivity contribution in [3.05, 3.63) is 52.9 Å². The summed E-state index contributed by atoms with van der Waals surface area (Å²) in [4.78, 5) is 24.2. The fourth-order valence-corrected chi connectivity index (χ4v) is 4.22. The molecule has 0 aromatic heterocycles. The molecule has 3 atom stereocenters. The molecule has 0 saturated heterocycles. The Morgan fingerprint density at radius 2 is 1.96 bits per heavy atom. The molecule has 0 spiro atoms. The quantitative estimate of drug-likeness (QED) is 0.788. The van der Waals surface area contributed by atoms with Crippen molar-refractivity contribution in [3.8, 4) is 5.75 Å². The summed E-state index contributed by atoms with van der Waals surface area (Å²) >= 11 is 0. The molecule has 3 rings (SSSR count). The highest BCUT2D eigenvalue weighted by atomic mass is 16.5. The molecular weight excluding hydrogens is 310 g/mol. The number of ether oxygens (including phenoxy) is 1. The highest BCUT2D eigenvalue weighted by Gasteiger charge is 2.62. The van der Waals surface area contributed by atoms with Crippen molar-refractivity contribution in [2.45, 2.75) is 25.7 Å².